The summed E-state index contributed by atoms with van der Waals surface area (Å²) in [6.45, 7) is 0. The molecule has 0 aliphatic heterocycles. The second-order valence-electron chi connectivity index (χ2n) is 3.87. The quantitative estimate of drug-likeness (QED) is 0.841. The molecule has 0 aliphatic carbocycles. The molecule has 102 valence electrons. The Morgan fingerprint density at radius 3 is 2.24 bits per heavy atom. The number of nitrogens with one attached hydrogen (secondary N) is 2. The van der Waals surface area contributed by atoms with Crippen molar-refractivity contribution in [2.45, 2.75) is 0 Å². The minimum atomic E-state index is 0.00800. The van der Waals surface area contributed by atoms with Crippen LogP contribution in [0.1, 0.15) is 0 Å². The Morgan fingerprint density at radius 2 is 1.67 bits per heavy atom. The Bertz CT molecular complexity index is 706. The van der Waals surface area contributed by atoms with Gasteiger partial charge in [0, 0.05) is 17.6 Å². The molecule has 2 aromatic rings. The van der Waals surface area contributed by atoms with Gasteiger partial charge in [-0.15, -0.1) is 10.2 Å². The van der Waals surface area contributed by atoms with Crippen LogP contribution < -0.4 is 10.6 Å². The van der Waals surface area contributed by atoms with Crippen LogP contribution in [-0.4, -0.2) is 10.2 Å². The maximum Gasteiger partial charge on any atom is 0.153 e. The van der Waals surface area contributed by atoms with Crippen LogP contribution in [-0.2, 0) is 0 Å². The molecule has 0 unspecified atom stereocenters. The van der Waals surface area contributed by atoms with Crippen molar-refractivity contribution in [2.75, 3.05) is 10.6 Å². The number of nitriles is 2. The first-order valence-corrected chi connectivity index (χ1v) is 6.22. The molecule has 2 N–H and O–H groups in total. The van der Waals surface area contributed by atoms with Crippen molar-refractivity contribution >= 4 is 28.8 Å². The summed E-state index contributed by atoms with van der Waals surface area (Å²) in [6.07, 6.45) is 1.35. The van der Waals surface area contributed by atoms with E-state index in [9.17, 15) is 0 Å². The third-order valence-corrected chi connectivity index (χ3v) is 2.61. The second-order valence-corrected chi connectivity index (χ2v) is 4.26. The van der Waals surface area contributed by atoms with Gasteiger partial charge in [-0.3, -0.25) is 0 Å². The fourth-order valence-electron chi connectivity index (χ4n) is 1.43. The molecule has 0 radical (unpaired) electrons. The molecule has 0 saturated carbocycles. The monoisotopic (exact) mass is 296 g/mol. The Kier molecular flexibility index (Phi) is 4.70. The number of benzene rings is 1. The number of halogens is 1. The Balaban J connectivity index is 2.03. The Hall–Kier alpha value is -3.09. The van der Waals surface area contributed by atoms with E-state index in [2.05, 4.69) is 20.8 Å². The maximum atomic E-state index is 8.62. The van der Waals surface area contributed by atoms with E-state index in [-0.39, 0.29) is 5.57 Å². The average molecular weight is 297 g/mol. The molecule has 0 bridgehead atoms. The fourth-order valence-corrected chi connectivity index (χ4v) is 1.53. The first-order chi connectivity index (χ1) is 10.2. The molecule has 6 nitrogen and oxygen atoms in total. The molecule has 2 rings (SSSR count). The lowest BCUT2D eigenvalue weighted by molar-refractivity contribution is 1.04. The van der Waals surface area contributed by atoms with Crippen LogP contribution in [0.15, 0.2) is 48.2 Å². The molecule has 0 fully saturated rings. The lowest BCUT2D eigenvalue weighted by Gasteiger charge is -2.06. The minimum Gasteiger partial charge on any atom is -0.360 e. The van der Waals surface area contributed by atoms with Gasteiger partial charge in [-0.1, -0.05) is 11.6 Å². The van der Waals surface area contributed by atoms with Crippen molar-refractivity contribution in [1.29, 1.82) is 10.5 Å². The zero-order valence-electron chi connectivity index (χ0n) is 10.7. The molecule has 0 aliphatic rings. The SMILES string of the molecule is N#CC(C#N)=CNc1ccc(Nc2ccc(Cl)nn2)cc1. The van der Waals surface area contributed by atoms with E-state index in [1.54, 1.807) is 36.4 Å². The van der Waals surface area contributed by atoms with Crippen LogP contribution in [0.2, 0.25) is 5.15 Å². The van der Waals surface area contributed by atoms with Gasteiger partial charge in [0.15, 0.2) is 11.0 Å². The number of hydrogen-bond acceptors (Lipinski definition) is 6. The number of anilines is 3. The summed E-state index contributed by atoms with van der Waals surface area (Å²) in [7, 11) is 0. The van der Waals surface area contributed by atoms with E-state index >= 15 is 0 Å². The molecule has 0 saturated heterocycles. The second kappa shape index (κ2) is 6.90. The fraction of sp³-hybridized carbons (Fsp3) is 0. The maximum absolute atomic E-state index is 8.62. The molecular weight excluding hydrogens is 288 g/mol. The number of aromatic nitrogens is 2. The number of hydrogen-bond donors (Lipinski definition) is 2. The number of nitrogens with zero attached hydrogens (tertiary/aromatic N) is 4. The van der Waals surface area contributed by atoms with Crippen molar-refractivity contribution in [1.82, 2.24) is 10.2 Å². The summed E-state index contributed by atoms with van der Waals surface area (Å²) >= 11 is 5.66. The van der Waals surface area contributed by atoms with E-state index in [0.717, 1.165) is 11.4 Å². The van der Waals surface area contributed by atoms with E-state index in [0.29, 0.717) is 11.0 Å². The zero-order chi connectivity index (χ0) is 15.1. The van der Waals surface area contributed by atoms with Gasteiger partial charge < -0.3 is 10.6 Å². The van der Waals surface area contributed by atoms with Crippen molar-refractivity contribution in [3.8, 4) is 12.1 Å². The summed E-state index contributed by atoms with van der Waals surface area (Å²) in [5, 5.41) is 31.1. The van der Waals surface area contributed by atoms with Gasteiger partial charge in [-0.2, -0.15) is 10.5 Å². The molecule has 0 amide bonds. The lowest BCUT2D eigenvalue weighted by Crippen LogP contribution is -1.95. The van der Waals surface area contributed by atoms with Gasteiger partial charge in [0.25, 0.3) is 0 Å². The van der Waals surface area contributed by atoms with Crippen molar-refractivity contribution < 1.29 is 0 Å². The zero-order valence-corrected chi connectivity index (χ0v) is 11.5. The molecule has 1 aromatic heterocycles. The molecule has 0 atom stereocenters. The standard InChI is InChI=1S/C14H9ClN6/c15-13-5-6-14(21-20-13)19-12-3-1-11(2-4-12)18-9-10(7-16)8-17/h1-6,9,18H,(H,19,21). The lowest BCUT2D eigenvalue weighted by atomic mass is 10.2. The van der Waals surface area contributed by atoms with Gasteiger partial charge in [0.05, 0.1) is 0 Å². The van der Waals surface area contributed by atoms with Crippen LogP contribution >= 0.6 is 11.6 Å². The predicted molar refractivity (Wildman–Crippen MR) is 79.7 cm³/mol. The van der Waals surface area contributed by atoms with Crippen LogP contribution in [0.25, 0.3) is 0 Å². The van der Waals surface area contributed by atoms with Gasteiger partial charge >= 0.3 is 0 Å². The van der Waals surface area contributed by atoms with Crippen molar-refractivity contribution in [3.63, 3.8) is 0 Å². The van der Waals surface area contributed by atoms with Gasteiger partial charge in [0.2, 0.25) is 0 Å². The molecule has 0 spiro atoms. The minimum absolute atomic E-state index is 0.00800. The van der Waals surface area contributed by atoms with Crippen LogP contribution in [0.4, 0.5) is 17.2 Å². The highest BCUT2D eigenvalue weighted by molar-refractivity contribution is 6.29. The summed E-state index contributed by atoms with van der Waals surface area (Å²) < 4.78 is 0. The highest BCUT2D eigenvalue weighted by atomic mass is 35.5. The number of rotatable bonds is 4. The van der Waals surface area contributed by atoms with E-state index < -0.39 is 0 Å². The number of allylic oxidation sites excluding steroid dienone is 1. The smallest absolute Gasteiger partial charge is 0.153 e. The predicted octanol–water partition coefficient (Wildman–Crippen LogP) is 3.22. The Morgan fingerprint density at radius 1 is 1.00 bits per heavy atom. The molecule has 7 heteroatoms. The topological polar surface area (TPSA) is 97.4 Å². The highest BCUT2D eigenvalue weighted by Gasteiger charge is 1.98. The normalized spacial score (nSPS) is 9.10. The third-order valence-electron chi connectivity index (χ3n) is 2.41. The largest absolute Gasteiger partial charge is 0.360 e. The van der Waals surface area contributed by atoms with Gasteiger partial charge in [-0.05, 0) is 36.4 Å². The summed E-state index contributed by atoms with van der Waals surface area (Å²) in [4.78, 5) is 0. The summed E-state index contributed by atoms with van der Waals surface area (Å²) in [5.74, 6) is 0.580. The Labute approximate surface area is 126 Å². The molecule has 1 heterocycles. The highest BCUT2D eigenvalue weighted by Crippen LogP contribution is 2.18. The third kappa shape index (κ3) is 4.20. The van der Waals surface area contributed by atoms with Crippen LogP contribution in [0.5, 0.6) is 0 Å². The van der Waals surface area contributed by atoms with Crippen LogP contribution in [0, 0.1) is 22.7 Å². The van der Waals surface area contributed by atoms with E-state index in [1.165, 1.54) is 6.20 Å². The summed E-state index contributed by atoms with van der Waals surface area (Å²) in [5.41, 5.74) is 1.58. The van der Waals surface area contributed by atoms with Crippen molar-refractivity contribution in [2.24, 2.45) is 0 Å². The average Bonchev–Trinajstić information content (AvgIpc) is 2.52. The first-order valence-electron chi connectivity index (χ1n) is 5.84. The van der Waals surface area contributed by atoms with Gasteiger partial charge in [-0.25, -0.2) is 0 Å². The molecule has 1 aromatic carbocycles. The van der Waals surface area contributed by atoms with E-state index in [1.807, 2.05) is 12.1 Å². The van der Waals surface area contributed by atoms with Crippen LogP contribution in [0.3, 0.4) is 0 Å². The van der Waals surface area contributed by atoms with E-state index in [4.69, 9.17) is 22.1 Å². The van der Waals surface area contributed by atoms with Gasteiger partial charge in [0.1, 0.15) is 17.7 Å². The van der Waals surface area contributed by atoms with Crippen molar-refractivity contribution in [3.05, 3.63) is 53.3 Å². The summed E-state index contributed by atoms with van der Waals surface area (Å²) in [6, 6.07) is 14.1. The molecule has 21 heavy (non-hydrogen) atoms. The first kappa shape index (κ1) is 14.3. The molecular formula is C14H9ClN6.